The van der Waals surface area contributed by atoms with Crippen molar-refractivity contribution in [2.75, 3.05) is 16.8 Å². The fourth-order valence-electron chi connectivity index (χ4n) is 3.02. The molecular weight excluding hydrogens is 356 g/mol. The van der Waals surface area contributed by atoms with E-state index in [0.717, 1.165) is 22.0 Å². The maximum absolute atomic E-state index is 12.2. The second-order valence-electron chi connectivity index (χ2n) is 6.19. The van der Waals surface area contributed by atoms with Crippen LogP contribution in [0.3, 0.4) is 0 Å². The maximum Gasteiger partial charge on any atom is 0.230 e. The third kappa shape index (κ3) is 3.43. The summed E-state index contributed by atoms with van der Waals surface area (Å²) in [6.07, 6.45) is 0.386. The van der Waals surface area contributed by atoms with E-state index in [1.165, 1.54) is 11.3 Å². The van der Waals surface area contributed by atoms with Gasteiger partial charge in [0.1, 0.15) is 0 Å². The monoisotopic (exact) mass is 372 g/mol. The summed E-state index contributed by atoms with van der Waals surface area (Å²) in [4.78, 5) is 16.7. The fraction of sp³-hybridized carbons (Fsp3) is 0.222. The van der Waals surface area contributed by atoms with Crippen LogP contribution in [0.25, 0.3) is 22.0 Å². The van der Waals surface area contributed by atoms with Gasteiger partial charge in [0, 0.05) is 10.9 Å². The van der Waals surface area contributed by atoms with Gasteiger partial charge in [-0.15, -0.1) is 11.3 Å². The summed E-state index contributed by atoms with van der Waals surface area (Å²) in [5, 5.41) is 7.44. The molecule has 1 N–H and O–H groups in total. The number of carbonyl (C=O) groups is 1. The quantitative estimate of drug-likeness (QED) is 0.765. The van der Waals surface area contributed by atoms with Crippen LogP contribution < -0.4 is 5.32 Å². The Kier molecular flexibility index (Phi) is 4.05. The van der Waals surface area contributed by atoms with Crippen LogP contribution in [0.2, 0.25) is 0 Å². The molecule has 1 saturated heterocycles. The largest absolute Gasteiger partial charge is 0.302 e. The average molecular weight is 372 g/mol. The molecule has 1 unspecified atom stereocenters. The summed E-state index contributed by atoms with van der Waals surface area (Å²) in [6.45, 7) is 0. The molecule has 7 heteroatoms. The first kappa shape index (κ1) is 16.2. The van der Waals surface area contributed by atoms with Crippen molar-refractivity contribution in [3.05, 3.63) is 47.8 Å². The van der Waals surface area contributed by atoms with E-state index >= 15 is 0 Å². The lowest BCUT2D eigenvalue weighted by Gasteiger charge is -2.06. The molecule has 0 aliphatic carbocycles. The number of aromatic nitrogens is 1. The number of nitrogens with one attached hydrogen (secondary N) is 1. The molecule has 1 amide bonds. The van der Waals surface area contributed by atoms with E-state index in [0.29, 0.717) is 11.6 Å². The van der Waals surface area contributed by atoms with E-state index in [-0.39, 0.29) is 17.4 Å². The van der Waals surface area contributed by atoms with Crippen LogP contribution in [0.15, 0.2) is 47.8 Å². The van der Waals surface area contributed by atoms with Crippen LogP contribution in [0, 0.1) is 5.92 Å². The number of amides is 1. The second-order valence-corrected chi connectivity index (χ2v) is 9.28. The minimum Gasteiger partial charge on any atom is -0.302 e. The van der Waals surface area contributed by atoms with Crippen LogP contribution in [0.1, 0.15) is 6.42 Å². The molecule has 1 aromatic heterocycles. The predicted molar refractivity (Wildman–Crippen MR) is 100 cm³/mol. The van der Waals surface area contributed by atoms with Crippen molar-refractivity contribution in [1.82, 2.24) is 4.98 Å². The Morgan fingerprint density at radius 3 is 2.72 bits per heavy atom. The zero-order valence-electron chi connectivity index (χ0n) is 13.3. The van der Waals surface area contributed by atoms with E-state index in [1.54, 1.807) is 0 Å². The van der Waals surface area contributed by atoms with E-state index in [4.69, 9.17) is 0 Å². The number of thiazole rings is 1. The highest BCUT2D eigenvalue weighted by Crippen LogP contribution is 2.28. The van der Waals surface area contributed by atoms with Gasteiger partial charge in [-0.25, -0.2) is 13.4 Å². The van der Waals surface area contributed by atoms with Crippen molar-refractivity contribution in [2.24, 2.45) is 5.92 Å². The third-order valence-corrected chi connectivity index (χ3v) is 6.91. The van der Waals surface area contributed by atoms with Crippen LogP contribution in [0.4, 0.5) is 5.13 Å². The summed E-state index contributed by atoms with van der Waals surface area (Å²) in [7, 11) is -3.07. The van der Waals surface area contributed by atoms with Crippen molar-refractivity contribution < 1.29 is 13.2 Å². The Labute approximate surface area is 149 Å². The average Bonchev–Trinajstić information content (AvgIpc) is 3.20. The van der Waals surface area contributed by atoms with Gasteiger partial charge in [-0.2, -0.15) is 0 Å². The smallest absolute Gasteiger partial charge is 0.230 e. The lowest BCUT2D eigenvalue weighted by atomic mass is 10.1. The Morgan fingerprint density at radius 1 is 1.16 bits per heavy atom. The summed E-state index contributed by atoms with van der Waals surface area (Å²) >= 11 is 1.34. The zero-order chi connectivity index (χ0) is 17.4. The Morgan fingerprint density at radius 2 is 1.96 bits per heavy atom. The minimum atomic E-state index is -3.07. The third-order valence-electron chi connectivity index (χ3n) is 4.38. The Bertz CT molecular complexity index is 1060. The fourth-order valence-corrected chi connectivity index (χ4v) is 5.49. The van der Waals surface area contributed by atoms with Crippen molar-refractivity contribution in [3.63, 3.8) is 0 Å². The molecule has 0 radical (unpaired) electrons. The van der Waals surface area contributed by atoms with Gasteiger partial charge in [-0.1, -0.05) is 36.4 Å². The van der Waals surface area contributed by atoms with E-state index < -0.39 is 15.8 Å². The second kappa shape index (κ2) is 6.24. The number of anilines is 1. The number of hydrogen-bond acceptors (Lipinski definition) is 5. The van der Waals surface area contributed by atoms with Crippen molar-refractivity contribution >= 4 is 43.0 Å². The highest BCUT2D eigenvalue weighted by atomic mass is 32.2. The van der Waals surface area contributed by atoms with Crippen LogP contribution in [0.5, 0.6) is 0 Å². The zero-order valence-corrected chi connectivity index (χ0v) is 14.9. The van der Waals surface area contributed by atoms with E-state index in [1.807, 2.05) is 29.6 Å². The first-order valence-corrected chi connectivity index (χ1v) is 10.7. The molecule has 2 heterocycles. The summed E-state index contributed by atoms with van der Waals surface area (Å²) in [5.74, 6) is -0.717. The molecule has 0 saturated carbocycles. The Balaban J connectivity index is 1.52. The summed E-state index contributed by atoms with van der Waals surface area (Å²) < 4.78 is 23.0. The highest BCUT2D eigenvalue weighted by Gasteiger charge is 2.33. The molecule has 0 spiro atoms. The SMILES string of the molecule is O=C(Nc1nc(-c2ccc3ccccc3c2)cs1)C1CCS(=O)(=O)C1. The molecule has 25 heavy (non-hydrogen) atoms. The first-order chi connectivity index (χ1) is 12.0. The molecule has 1 fully saturated rings. The number of rotatable bonds is 3. The van der Waals surface area contributed by atoms with Gasteiger partial charge in [-0.05, 0) is 23.3 Å². The van der Waals surface area contributed by atoms with E-state index in [9.17, 15) is 13.2 Å². The van der Waals surface area contributed by atoms with Crippen LogP contribution >= 0.6 is 11.3 Å². The molecule has 4 rings (SSSR count). The highest BCUT2D eigenvalue weighted by molar-refractivity contribution is 7.91. The molecule has 1 atom stereocenters. The van der Waals surface area contributed by atoms with Crippen LogP contribution in [-0.2, 0) is 14.6 Å². The van der Waals surface area contributed by atoms with Gasteiger partial charge in [0.05, 0.1) is 23.1 Å². The van der Waals surface area contributed by atoms with Gasteiger partial charge in [0.15, 0.2) is 15.0 Å². The standard InChI is InChI=1S/C18H16N2O3S2/c21-17(15-7-8-25(22,23)11-15)20-18-19-16(10-24-18)14-6-5-12-3-1-2-4-13(12)9-14/h1-6,9-10,15H,7-8,11H2,(H,19,20,21). The number of hydrogen-bond donors (Lipinski definition) is 1. The van der Waals surface area contributed by atoms with Gasteiger partial charge < -0.3 is 5.32 Å². The van der Waals surface area contributed by atoms with Crippen molar-refractivity contribution in [3.8, 4) is 11.3 Å². The normalized spacial score (nSPS) is 19.1. The lowest BCUT2D eigenvalue weighted by Crippen LogP contribution is -2.23. The topological polar surface area (TPSA) is 76.1 Å². The number of nitrogens with zero attached hydrogens (tertiary/aromatic N) is 1. The molecule has 2 aromatic carbocycles. The number of sulfone groups is 1. The number of carbonyl (C=O) groups excluding carboxylic acids is 1. The summed E-state index contributed by atoms with van der Waals surface area (Å²) in [6, 6.07) is 14.2. The van der Waals surface area contributed by atoms with Gasteiger partial charge >= 0.3 is 0 Å². The molecule has 0 bridgehead atoms. The minimum absolute atomic E-state index is 0.0677. The van der Waals surface area contributed by atoms with Gasteiger partial charge in [-0.3, -0.25) is 4.79 Å². The molecule has 1 aliphatic rings. The molecule has 1 aliphatic heterocycles. The summed E-state index contributed by atoms with van der Waals surface area (Å²) in [5.41, 5.74) is 1.78. The maximum atomic E-state index is 12.2. The van der Waals surface area contributed by atoms with E-state index in [2.05, 4.69) is 28.5 Å². The number of fused-ring (bicyclic) bond motifs is 1. The Hall–Kier alpha value is -2.25. The molecule has 5 nitrogen and oxygen atoms in total. The first-order valence-electron chi connectivity index (χ1n) is 7.96. The lowest BCUT2D eigenvalue weighted by molar-refractivity contribution is -0.119. The molecular formula is C18H16N2O3S2. The van der Waals surface area contributed by atoms with Crippen LogP contribution in [-0.4, -0.2) is 30.8 Å². The number of benzene rings is 2. The predicted octanol–water partition coefficient (Wildman–Crippen LogP) is 3.34. The molecule has 128 valence electrons. The molecule has 3 aromatic rings. The van der Waals surface area contributed by atoms with Crippen molar-refractivity contribution in [1.29, 1.82) is 0 Å². The van der Waals surface area contributed by atoms with Gasteiger partial charge in [0.25, 0.3) is 0 Å². The van der Waals surface area contributed by atoms with Gasteiger partial charge in [0.2, 0.25) is 5.91 Å². The van der Waals surface area contributed by atoms with Crippen molar-refractivity contribution in [2.45, 2.75) is 6.42 Å².